The van der Waals surface area contributed by atoms with Crippen LogP contribution in [0.5, 0.6) is 0 Å². The van der Waals surface area contributed by atoms with Gasteiger partial charge < -0.3 is 0 Å². The summed E-state index contributed by atoms with van der Waals surface area (Å²) < 4.78 is 0. The zero-order valence-corrected chi connectivity index (χ0v) is 18.6. The number of hydrogen-bond acceptors (Lipinski definition) is 0. The summed E-state index contributed by atoms with van der Waals surface area (Å²) in [6.07, 6.45) is 24.8. The van der Waals surface area contributed by atoms with E-state index in [1.807, 2.05) is 0 Å². The third kappa shape index (κ3) is 2.24. The molecule has 8 rings (SSSR count). The van der Waals surface area contributed by atoms with E-state index in [0.29, 0.717) is 0 Å². The standard InChI is InChI=1S/C25H43P/c1-3-4-5-26(2,24-12-18-6-19(13-24)8-20(7-18)14-24)25-15-21-9-22(16-25)11-23(10-21)17-25/h18-23,26H,3-17H2,1-2H3. The third-order valence-electron chi connectivity index (χ3n) is 11.4. The second-order valence-corrected chi connectivity index (χ2v) is 18.1. The zero-order valence-electron chi connectivity index (χ0n) is 17.6. The Labute approximate surface area is 163 Å². The Kier molecular flexibility index (Phi) is 3.82. The van der Waals surface area contributed by atoms with E-state index in [1.54, 1.807) is 89.6 Å². The summed E-state index contributed by atoms with van der Waals surface area (Å²) in [7, 11) is -1.27. The monoisotopic (exact) mass is 374 g/mol. The molecule has 0 N–H and O–H groups in total. The van der Waals surface area contributed by atoms with Crippen molar-refractivity contribution in [3.8, 4) is 0 Å². The molecule has 0 heterocycles. The van der Waals surface area contributed by atoms with E-state index in [-0.39, 0.29) is 0 Å². The second kappa shape index (κ2) is 5.74. The van der Waals surface area contributed by atoms with Crippen LogP contribution in [0.3, 0.4) is 0 Å². The number of rotatable bonds is 5. The quantitative estimate of drug-likeness (QED) is 0.450. The van der Waals surface area contributed by atoms with Gasteiger partial charge in [-0.1, -0.05) is 0 Å². The Morgan fingerprint density at radius 1 is 0.615 bits per heavy atom. The molecule has 148 valence electrons. The first kappa shape index (κ1) is 17.3. The molecule has 0 atom stereocenters. The Hall–Kier alpha value is 0.430. The van der Waals surface area contributed by atoms with Crippen LogP contribution in [0.4, 0.5) is 0 Å². The SMILES string of the molecule is CCCC[PH](C)(C12CC3CC(CC(C3)C1)C2)C12CC3CC(CC(C3)C1)C2. The summed E-state index contributed by atoms with van der Waals surface area (Å²) in [5, 5.41) is 1.78. The molecule has 0 nitrogen and oxygen atoms in total. The van der Waals surface area contributed by atoms with Crippen LogP contribution in [0.25, 0.3) is 0 Å². The summed E-state index contributed by atoms with van der Waals surface area (Å²) in [6.45, 7) is 5.50. The summed E-state index contributed by atoms with van der Waals surface area (Å²) in [6, 6.07) is 0. The molecular weight excluding hydrogens is 331 g/mol. The van der Waals surface area contributed by atoms with Crippen LogP contribution in [-0.2, 0) is 0 Å². The van der Waals surface area contributed by atoms with Crippen LogP contribution in [0.15, 0.2) is 0 Å². The maximum absolute atomic E-state index is 3.03. The summed E-state index contributed by atoms with van der Waals surface area (Å²) in [5.41, 5.74) is 0. The van der Waals surface area contributed by atoms with Crippen molar-refractivity contribution in [2.45, 2.75) is 107 Å². The average molecular weight is 375 g/mol. The van der Waals surface area contributed by atoms with Crippen LogP contribution >= 0.6 is 7.26 Å². The number of hydrogen-bond donors (Lipinski definition) is 0. The summed E-state index contributed by atoms with van der Waals surface area (Å²) in [4.78, 5) is 0. The second-order valence-electron chi connectivity index (χ2n) is 12.8. The average Bonchev–Trinajstić information content (AvgIpc) is 2.57. The van der Waals surface area contributed by atoms with Gasteiger partial charge in [-0.15, -0.1) is 0 Å². The van der Waals surface area contributed by atoms with Gasteiger partial charge >= 0.3 is 163 Å². The third-order valence-corrected chi connectivity index (χ3v) is 18.7. The Morgan fingerprint density at radius 2 is 0.923 bits per heavy atom. The van der Waals surface area contributed by atoms with Gasteiger partial charge in [-0.25, -0.2) is 0 Å². The van der Waals surface area contributed by atoms with E-state index < -0.39 is 7.26 Å². The van der Waals surface area contributed by atoms with Crippen molar-refractivity contribution < 1.29 is 0 Å². The Balaban J connectivity index is 1.42. The summed E-state index contributed by atoms with van der Waals surface area (Å²) >= 11 is 0. The van der Waals surface area contributed by atoms with Crippen molar-refractivity contribution in [1.82, 2.24) is 0 Å². The van der Waals surface area contributed by atoms with Gasteiger partial charge in [0.05, 0.1) is 0 Å². The first-order valence-corrected chi connectivity index (χ1v) is 15.2. The van der Waals surface area contributed by atoms with Gasteiger partial charge in [0.1, 0.15) is 0 Å². The Bertz CT molecular complexity index is 460. The van der Waals surface area contributed by atoms with Crippen molar-refractivity contribution in [2.24, 2.45) is 35.5 Å². The van der Waals surface area contributed by atoms with E-state index in [9.17, 15) is 0 Å². The topological polar surface area (TPSA) is 0 Å². The van der Waals surface area contributed by atoms with Gasteiger partial charge in [0.15, 0.2) is 0 Å². The predicted molar refractivity (Wildman–Crippen MR) is 116 cm³/mol. The minimum absolute atomic E-state index is 0.891. The van der Waals surface area contributed by atoms with Gasteiger partial charge in [-0.2, -0.15) is 0 Å². The van der Waals surface area contributed by atoms with Crippen molar-refractivity contribution in [3.05, 3.63) is 0 Å². The van der Waals surface area contributed by atoms with Crippen LogP contribution in [-0.4, -0.2) is 23.1 Å². The van der Waals surface area contributed by atoms with Crippen LogP contribution < -0.4 is 0 Å². The first-order valence-electron chi connectivity index (χ1n) is 12.5. The van der Waals surface area contributed by atoms with Gasteiger partial charge in [0.2, 0.25) is 0 Å². The van der Waals surface area contributed by atoms with E-state index in [4.69, 9.17) is 0 Å². The maximum atomic E-state index is 3.03. The van der Waals surface area contributed by atoms with Gasteiger partial charge in [0.25, 0.3) is 0 Å². The fourth-order valence-corrected chi connectivity index (χ4v) is 18.9. The van der Waals surface area contributed by atoms with Gasteiger partial charge in [-0.3, -0.25) is 0 Å². The fourth-order valence-electron chi connectivity index (χ4n) is 11.2. The first-order chi connectivity index (χ1) is 12.5. The van der Waals surface area contributed by atoms with Crippen LogP contribution in [0, 0.1) is 35.5 Å². The molecule has 0 spiro atoms. The molecule has 8 saturated carbocycles. The molecule has 8 aliphatic rings. The van der Waals surface area contributed by atoms with E-state index in [2.05, 4.69) is 13.6 Å². The molecule has 0 amide bonds. The van der Waals surface area contributed by atoms with Crippen LogP contribution in [0.1, 0.15) is 96.8 Å². The molecule has 0 aliphatic heterocycles. The molecule has 0 saturated heterocycles. The van der Waals surface area contributed by atoms with Gasteiger partial charge in [0, 0.05) is 0 Å². The molecule has 26 heavy (non-hydrogen) atoms. The van der Waals surface area contributed by atoms with Crippen molar-refractivity contribution in [1.29, 1.82) is 0 Å². The van der Waals surface area contributed by atoms with Crippen molar-refractivity contribution >= 4 is 7.26 Å². The van der Waals surface area contributed by atoms with E-state index in [1.165, 1.54) is 6.42 Å². The Morgan fingerprint density at radius 3 is 1.19 bits per heavy atom. The van der Waals surface area contributed by atoms with E-state index in [0.717, 1.165) is 45.8 Å². The molecule has 0 unspecified atom stereocenters. The van der Waals surface area contributed by atoms with Crippen LogP contribution in [0.2, 0.25) is 0 Å². The molecule has 1 heteroatoms. The molecule has 8 bridgehead atoms. The zero-order chi connectivity index (χ0) is 17.6. The van der Waals surface area contributed by atoms with Gasteiger partial charge in [-0.05, 0) is 0 Å². The van der Waals surface area contributed by atoms with Crippen molar-refractivity contribution in [2.75, 3.05) is 12.8 Å². The molecule has 0 radical (unpaired) electrons. The molecule has 8 fully saturated rings. The number of unbranched alkanes of at least 4 members (excludes halogenated alkanes) is 1. The normalized spacial score (nSPS) is 54.8. The molecular formula is C25H43P. The van der Waals surface area contributed by atoms with Crippen molar-refractivity contribution in [3.63, 3.8) is 0 Å². The molecule has 0 aromatic rings. The minimum atomic E-state index is -1.27. The summed E-state index contributed by atoms with van der Waals surface area (Å²) in [5.74, 6) is 6.94. The predicted octanol–water partition coefficient (Wildman–Crippen LogP) is 7.10. The molecule has 0 aromatic heterocycles. The molecule has 0 aromatic carbocycles. The fraction of sp³-hybridized carbons (Fsp3) is 1.00. The molecule has 8 aliphatic carbocycles. The van der Waals surface area contributed by atoms with E-state index >= 15 is 0 Å².